The second kappa shape index (κ2) is 8.18. The minimum Gasteiger partial charge on any atom is -0.496 e. The van der Waals surface area contributed by atoms with Gasteiger partial charge in [0.1, 0.15) is 5.75 Å². The highest BCUT2D eigenvalue weighted by Crippen LogP contribution is 2.29. The number of ether oxygens (including phenoxy) is 1. The molecule has 1 unspecified atom stereocenters. The van der Waals surface area contributed by atoms with Crippen LogP contribution < -0.4 is 10.1 Å². The van der Waals surface area contributed by atoms with E-state index in [4.69, 9.17) is 4.74 Å². The highest BCUT2D eigenvalue weighted by atomic mass is 16.5. The van der Waals surface area contributed by atoms with E-state index in [2.05, 4.69) is 18.3 Å². The van der Waals surface area contributed by atoms with Gasteiger partial charge in [0.15, 0.2) is 0 Å². The molecule has 0 spiro atoms. The van der Waals surface area contributed by atoms with Gasteiger partial charge in [-0.25, -0.2) is 0 Å². The molecule has 0 aliphatic carbocycles. The topological polar surface area (TPSA) is 41.5 Å². The summed E-state index contributed by atoms with van der Waals surface area (Å²) in [6, 6.07) is 4.08. The Kier molecular flexibility index (Phi) is 6.89. The zero-order valence-corrected chi connectivity index (χ0v) is 12.6. The number of aliphatic hydroxyl groups is 1. The predicted octanol–water partition coefficient (Wildman–Crippen LogP) is 3.13. The van der Waals surface area contributed by atoms with Gasteiger partial charge in [-0.3, -0.25) is 0 Å². The molecule has 0 amide bonds. The van der Waals surface area contributed by atoms with Gasteiger partial charge in [-0.1, -0.05) is 31.4 Å². The average molecular weight is 265 g/mol. The Balaban J connectivity index is 2.63. The summed E-state index contributed by atoms with van der Waals surface area (Å²) in [5.74, 6) is 0.799. The SMILES string of the molecule is CCCCCNCC(O)c1cc(C)cc(C)c1OC. The van der Waals surface area contributed by atoms with Crippen molar-refractivity contribution in [3.8, 4) is 5.75 Å². The van der Waals surface area contributed by atoms with Gasteiger partial charge >= 0.3 is 0 Å². The zero-order chi connectivity index (χ0) is 14.3. The first-order valence-corrected chi connectivity index (χ1v) is 7.14. The molecule has 1 aromatic rings. The molecule has 19 heavy (non-hydrogen) atoms. The van der Waals surface area contributed by atoms with Crippen molar-refractivity contribution in [3.05, 3.63) is 28.8 Å². The van der Waals surface area contributed by atoms with E-state index < -0.39 is 6.10 Å². The fourth-order valence-corrected chi connectivity index (χ4v) is 2.36. The lowest BCUT2D eigenvalue weighted by atomic mass is 10.0. The molecule has 0 radical (unpaired) electrons. The fourth-order valence-electron chi connectivity index (χ4n) is 2.36. The Bertz CT molecular complexity index is 391. The molecule has 1 rings (SSSR count). The lowest BCUT2D eigenvalue weighted by Gasteiger charge is -2.18. The molecular weight excluding hydrogens is 238 g/mol. The Morgan fingerprint density at radius 3 is 2.63 bits per heavy atom. The molecule has 2 N–H and O–H groups in total. The van der Waals surface area contributed by atoms with Gasteiger partial charge in [0.25, 0.3) is 0 Å². The van der Waals surface area contributed by atoms with Crippen LogP contribution in [0.3, 0.4) is 0 Å². The summed E-state index contributed by atoms with van der Waals surface area (Å²) in [5, 5.41) is 13.6. The van der Waals surface area contributed by atoms with Crippen molar-refractivity contribution >= 4 is 0 Å². The van der Waals surface area contributed by atoms with Crippen molar-refractivity contribution in [2.75, 3.05) is 20.2 Å². The highest BCUT2D eigenvalue weighted by molar-refractivity contribution is 5.45. The largest absolute Gasteiger partial charge is 0.496 e. The molecule has 108 valence electrons. The molecule has 0 fully saturated rings. The van der Waals surface area contributed by atoms with Gasteiger partial charge in [-0.2, -0.15) is 0 Å². The van der Waals surface area contributed by atoms with Gasteiger partial charge in [0.05, 0.1) is 13.2 Å². The Morgan fingerprint density at radius 2 is 2.00 bits per heavy atom. The average Bonchev–Trinajstić information content (AvgIpc) is 2.37. The predicted molar refractivity (Wildman–Crippen MR) is 79.8 cm³/mol. The number of hydrogen-bond acceptors (Lipinski definition) is 3. The van der Waals surface area contributed by atoms with Gasteiger partial charge in [0, 0.05) is 12.1 Å². The zero-order valence-electron chi connectivity index (χ0n) is 12.6. The molecular formula is C16H27NO2. The van der Waals surface area contributed by atoms with Crippen molar-refractivity contribution in [1.82, 2.24) is 5.32 Å². The number of aryl methyl sites for hydroxylation is 2. The van der Waals surface area contributed by atoms with E-state index in [1.807, 2.05) is 19.9 Å². The Hall–Kier alpha value is -1.06. The van der Waals surface area contributed by atoms with Gasteiger partial charge in [0.2, 0.25) is 0 Å². The van der Waals surface area contributed by atoms with Crippen LogP contribution in [0, 0.1) is 13.8 Å². The minimum atomic E-state index is -0.518. The first-order valence-electron chi connectivity index (χ1n) is 7.14. The Morgan fingerprint density at radius 1 is 1.26 bits per heavy atom. The van der Waals surface area contributed by atoms with Gasteiger partial charge in [-0.05, 0) is 38.4 Å². The van der Waals surface area contributed by atoms with E-state index in [9.17, 15) is 5.11 Å². The van der Waals surface area contributed by atoms with Crippen LogP contribution in [0.25, 0.3) is 0 Å². The van der Waals surface area contributed by atoms with Gasteiger partial charge in [-0.15, -0.1) is 0 Å². The number of aliphatic hydroxyl groups excluding tert-OH is 1. The number of benzene rings is 1. The number of hydrogen-bond donors (Lipinski definition) is 2. The molecule has 3 heteroatoms. The van der Waals surface area contributed by atoms with E-state index in [1.54, 1.807) is 7.11 Å². The minimum absolute atomic E-state index is 0.518. The third-order valence-electron chi connectivity index (χ3n) is 3.31. The van der Waals surface area contributed by atoms with Crippen molar-refractivity contribution in [3.63, 3.8) is 0 Å². The van der Waals surface area contributed by atoms with E-state index in [1.165, 1.54) is 12.8 Å². The van der Waals surface area contributed by atoms with Crippen LogP contribution in [0.5, 0.6) is 5.75 Å². The van der Waals surface area contributed by atoms with Crippen LogP contribution in [0.4, 0.5) is 0 Å². The summed E-state index contributed by atoms with van der Waals surface area (Å²) >= 11 is 0. The van der Waals surface area contributed by atoms with Crippen LogP contribution in [0.2, 0.25) is 0 Å². The summed E-state index contributed by atoms with van der Waals surface area (Å²) in [4.78, 5) is 0. The summed E-state index contributed by atoms with van der Waals surface area (Å²) in [6.07, 6.45) is 3.09. The molecule has 0 saturated carbocycles. The first-order chi connectivity index (χ1) is 9.10. The second-order valence-electron chi connectivity index (χ2n) is 5.13. The molecule has 1 aromatic carbocycles. The molecule has 0 heterocycles. The molecule has 0 aliphatic rings. The van der Waals surface area contributed by atoms with Crippen molar-refractivity contribution in [2.24, 2.45) is 0 Å². The van der Waals surface area contributed by atoms with Crippen LogP contribution >= 0.6 is 0 Å². The third kappa shape index (κ3) is 4.84. The maximum Gasteiger partial charge on any atom is 0.127 e. The molecule has 0 saturated heterocycles. The number of unbranched alkanes of at least 4 members (excludes halogenated alkanes) is 2. The lowest BCUT2D eigenvalue weighted by molar-refractivity contribution is 0.170. The molecule has 1 atom stereocenters. The maximum atomic E-state index is 10.3. The second-order valence-corrected chi connectivity index (χ2v) is 5.13. The van der Waals surface area contributed by atoms with E-state index in [0.29, 0.717) is 6.54 Å². The van der Waals surface area contributed by atoms with Crippen LogP contribution in [0.15, 0.2) is 12.1 Å². The lowest BCUT2D eigenvalue weighted by Crippen LogP contribution is -2.23. The van der Waals surface area contributed by atoms with Crippen molar-refractivity contribution in [2.45, 2.75) is 46.1 Å². The van der Waals surface area contributed by atoms with Crippen LogP contribution in [-0.2, 0) is 0 Å². The fraction of sp³-hybridized carbons (Fsp3) is 0.625. The van der Waals surface area contributed by atoms with Crippen molar-refractivity contribution in [1.29, 1.82) is 0 Å². The van der Waals surface area contributed by atoms with E-state index in [0.717, 1.165) is 35.4 Å². The highest BCUT2D eigenvalue weighted by Gasteiger charge is 2.15. The number of rotatable bonds is 8. The normalized spacial score (nSPS) is 12.5. The van der Waals surface area contributed by atoms with Gasteiger partial charge < -0.3 is 15.2 Å². The third-order valence-corrected chi connectivity index (χ3v) is 3.31. The number of methoxy groups -OCH3 is 1. The van der Waals surface area contributed by atoms with E-state index >= 15 is 0 Å². The maximum absolute atomic E-state index is 10.3. The summed E-state index contributed by atoms with van der Waals surface area (Å²) in [6.45, 7) is 7.77. The summed E-state index contributed by atoms with van der Waals surface area (Å²) in [7, 11) is 1.66. The molecule has 0 bridgehead atoms. The summed E-state index contributed by atoms with van der Waals surface area (Å²) in [5.41, 5.74) is 3.10. The van der Waals surface area contributed by atoms with Crippen molar-refractivity contribution < 1.29 is 9.84 Å². The van der Waals surface area contributed by atoms with E-state index in [-0.39, 0.29) is 0 Å². The number of nitrogens with one attached hydrogen (secondary N) is 1. The molecule has 0 aliphatic heterocycles. The Labute approximate surface area is 117 Å². The van der Waals surface area contributed by atoms with Crippen LogP contribution in [0.1, 0.15) is 49.0 Å². The molecule has 3 nitrogen and oxygen atoms in total. The monoisotopic (exact) mass is 265 g/mol. The smallest absolute Gasteiger partial charge is 0.127 e. The molecule has 0 aromatic heterocycles. The van der Waals surface area contributed by atoms with Crippen LogP contribution in [-0.4, -0.2) is 25.3 Å². The first kappa shape index (κ1) is 16.0. The quantitative estimate of drug-likeness (QED) is 0.710. The standard InChI is InChI=1S/C16H27NO2/c1-5-6-7-8-17-11-15(18)14-10-12(2)9-13(3)16(14)19-4/h9-10,15,17-18H,5-8,11H2,1-4H3. The summed E-state index contributed by atoms with van der Waals surface area (Å²) < 4.78 is 5.41.